The molecule has 1 aromatic heterocycles. The standard InChI is InChI=1S/C15H20N4O2S/c1-19-12-4-2-3-5-13(12)22-15(19)18-17-14(21)16-10-6-8-11(20)9-7-10/h2-5,10-11,20H,6-9H2,1H3,(H2,16,17,21)/b18-15+. The highest BCUT2D eigenvalue weighted by Crippen LogP contribution is 2.18. The van der Waals surface area contributed by atoms with Gasteiger partial charge in [0.15, 0.2) is 0 Å². The first kappa shape index (κ1) is 15.1. The maximum absolute atomic E-state index is 11.9. The Labute approximate surface area is 132 Å². The van der Waals surface area contributed by atoms with Crippen LogP contribution in [0.25, 0.3) is 10.2 Å². The minimum Gasteiger partial charge on any atom is -0.393 e. The second-order valence-electron chi connectivity index (χ2n) is 5.61. The lowest BCUT2D eigenvalue weighted by Gasteiger charge is -2.25. The van der Waals surface area contributed by atoms with Gasteiger partial charge in [0.2, 0.25) is 4.80 Å². The van der Waals surface area contributed by atoms with E-state index in [0.29, 0.717) is 0 Å². The Morgan fingerprint density at radius 3 is 2.77 bits per heavy atom. The molecular formula is C15H20N4O2S. The molecule has 1 aliphatic rings. The molecule has 0 atom stereocenters. The van der Waals surface area contributed by atoms with Crippen molar-refractivity contribution in [2.45, 2.75) is 37.8 Å². The Bertz CT molecular complexity index is 728. The lowest BCUT2D eigenvalue weighted by molar-refractivity contribution is 0.117. The lowest BCUT2D eigenvalue weighted by Crippen LogP contribution is -2.43. The van der Waals surface area contributed by atoms with Gasteiger partial charge in [0.05, 0.1) is 16.3 Å². The van der Waals surface area contributed by atoms with E-state index in [1.54, 1.807) is 0 Å². The number of para-hydroxylation sites is 1. The number of nitrogens with one attached hydrogen (secondary N) is 2. The molecule has 0 saturated heterocycles. The number of hydrogen-bond donors (Lipinski definition) is 3. The molecule has 0 spiro atoms. The summed E-state index contributed by atoms with van der Waals surface area (Å²) >= 11 is 1.53. The zero-order chi connectivity index (χ0) is 15.5. The molecule has 1 fully saturated rings. The molecular weight excluding hydrogens is 300 g/mol. The summed E-state index contributed by atoms with van der Waals surface area (Å²) in [7, 11) is 1.93. The van der Waals surface area contributed by atoms with Gasteiger partial charge in [0.1, 0.15) is 0 Å². The number of carbonyl (C=O) groups excluding carboxylic acids is 1. The number of aryl methyl sites for hydroxylation is 1. The average Bonchev–Trinajstić information content (AvgIpc) is 2.84. The van der Waals surface area contributed by atoms with E-state index in [0.717, 1.165) is 40.7 Å². The number of aromatic nitrogens is 1. The van der Waals surface area contributed by atoms with Gasteiger partial charge in [-0.15, -0.1) is 5.10 Å². The molecule has 2 amide bonds. The summed E-state index contributed by atoms with van der Waals surface area (Å²) in [6.45, 7) is 0. The van der Waals surface area contributed by atoms with Gasteiger partial charge >= 0.3 is 6.03 Å². The zero-order valence-electron chi connectivity index (χ0n) is 12.5. The third kappa shape index (κ3) is 3.31. The van der Waals surface area contributed by atoms with Crippen molar-refractivity contribution in [3.63, 3.8) is 0 Å². The Morgan fingerprint density at radius 2 is 2.05 bits per heavy atom. The number of nitrogens with zero attached hydrogens (tertiary/aromatic N) is 2. The summed E-state index contributed by atoms with van der Waals surface area (Å²) in [5.74, 6) is 0. The number of aliphatic hydroxyl groups is 1. The first-order chi connectivity index (χ1) is 10.6. The number of hydrogen-bond acceptors (Lipinski definition) is 4. The van der Waals surface area contributed by atoms with Crippen molar-refractivity contribution >= 4 is 27.6 Å². The second kappa shape index (κ2) is 6.50. The fraction of sp³-hybridized carbons (Fsp3) is 0.467. The maximum atomic E-state index is 11.9. The van der Waals surface area contributed by atoms with E-state index >= 15 is 0 Å². The zero-order valence-corrected chi connectivity index (χ0v) is 13.3. The van der Waals surface area contributed by atoms with E-state index in [9.17, 15) is 9.90 Å². The van der Waals surface area contributed by atoms with Gasteiger partial charge < -0.3 is 15.0 Å². The first-order valence-corrected chi connectivity index (χ1v) is 8.28. The molecule has 6 nitrogen and oxygen atoms in total. The first-order valence-electron chi connectivity index (χ1n) is 7.46. The highest BCUT2D eigenvalue weighted by molar-refractivity contribution is 7.16. The van der Waals surface area contributed by atoms with Crippen LogP contribution in [-0.2, 0) is 7.05 Å². The molecule has 118 valence electrons. The molecule has 0 unspecified atom stereocenters. The van der Waals surface area contributed by atoms with Crippen LogP contribution in [0.15, 0.2) is 29.4 Å². The number of amides is 2. The minimum atomic E-state index is -0.293. The van der Waals surface area contributed by atoms with E-state index in [2.05, 4.69) is 15.8 Å². The van der Waals surface area contributed by atoms with Gasteiger partial charge in [-0.1, -0.05) is 23.5 Å². The molecule has 0 radical (unpaired) electrons. The van der Waals surface area contributed by atoms with Gasteiger partial charge in [-0.3, -0.25) is 0 Å². The van der Waals surface area contributed by atoms with Gasteiger partial charge in [0, 0.05) is 13.1 Å². The van der Waals surface area contributed by atoms with Crippen LogP contribution in [0.5, 0.6) is 0 Å². The van der Waals surface area contributed by atoms with E-state index < -0.39 is 0 Å². The third-order valence-corrected chi connectivity index (χ3v) is 5.11. The highest BCUT2D eigenvalue weighted by atomic mass is 32.1. The largest absolute Gasteiger partial charge is 0.393 e. The molecule has 1 aromatic carbocycles. The molecule has 0 aliphatic heterocycles. The van der Waals surface area contributed by atoms with Crippen molar-refractivity contribution < 1.29 is 9.90 Å². The molecule has 22 heavy (non-hydrogen) atoms. The number of thiazole rings is 1. The normalized spacial score (nSPS) is 22.7. The van der Waals surface area contributed by atoms with Crippen LogP contribution >= 0.6 is 11.3 Å². The maximum Gasteiger partial charge on any atom is 0.335 e. The van der Waals surface area contributed by atoms with Crippen molar-refractivity contribution in [1.29, 1.82) is 0 Å². The van der Waals surface area contributed by atoms with Crippen LogP contribution in [0, 0.1) is 0 Å². The molecule has 1 saturated carbocycles. The third-order valence-electron chi connectivity index (χ3n) is 4.00. The Hall–Kier alpha value is -1.86. The van der Waals surface area contributed by atoms with Gasteiger partial charge in [-0.2, -0.15) is 0 Å². The van der Waals surface area contributed by atoms with Crippen LogP contribution in [0.3, 0.4) is 0 Å². The van der Waals surface area contributed by atoms with Crippen molar-refractivity contribution in [3.05, 3.63) is 29.1 Å². The van der Waals surface area contributed by atoms with E-state index in [1.165, 1.54) is 11.3 Å². The Kier molecular flexibility index (Phi) is 4.44. The molecule has 0 bridgehead atoms. The van der Waals surface area contributed by atoms with Crippen molar-refractivity contribution in [3.8, 4) is 0 Å². The fourth-order valence-corrected chi connectivity index (χ4v) is 3.70. The van der Waals surface area contributed by atoms with Crippen molar-refractivity contribution in [2.24, 2.45) is 12.1 Å². The summed E-state index contributed by atoms with van der Waals surface area (Å²) < 4.78 is 3.09. The topological polar surface area (TPSA) is 78.7 Å². The predicted octanol–water partition coefficient (Wildman–Crippen LogP) is 1.66. The van der Waals surface area contributed by atoms with Crippen molar-refractivity contribution in [1.82, 2.24) is 15.3 Å². The van der Waals surface area contributed by atoms with Crippen molar-refractivity contribution in [2.75, 3.05) is 0 Å². The SMILES string of the molecule is Cn1/c(=N\NC(=O)NC2CCC(O)CC2)sc2ccccc21. The molecule has 1 heterocycles. The van der Waals surface area contributed by atoms with Crippen LogP contribution in [0.1, 0.15) is 25.7 Å². The minimum absolute atomic E-state index is 0.120. The molecule has 3 rings (SSSR count). The van der Waals surface area contributed by atoms with Crippen LogP contribution < -0.4 is 15.5 Å². The Balaban J connectivity index is 1.65. The molecule has 3 N–H and O–H groups in total. The van der Waals surface area contributed by atoms with Gasteiger partial charge in [0.25, 0.3) is 0 Å². The van der Waals surface area contributed by atoms with Crippen LogP contribution in [0.2, 0.25) is 0 Å². The molecule has 1 aliphatic carbocycles. The molecule has 7 heteroatoms. The number of rotatable bonds is 2. The predicted molar refractivity (Wildman–Crippen MR) is 86.3 cm³/mol. The van der Waals surface area contributed by atoms with E-state index in [4.69, 9.17) is 0 Å². The summed E-state index contributed by atoms with van der Waals surface area (Å²) in [6, 6.07) is 7.86. The van der Waals surface area contributed by atoms with Crippen LogP contribution in [-0.4, -0.2) is 27.9 Å². The lowest BCUT2D eigenvalue weighted by atomic mass is 9.93. The summed E-state index contributed by atoms with van der Waals surface area (Å²) in [5, 5.41) is 16.6. The summed E-state index contributed by atoms with van der Waals surface area (Å²) in [5.41, 5.74) is 3.65. The van der Waals surface area contributed by atoms with E-state index in [1.807, 2.05) is 35.9 Å². The number of carbonyl (C=O) groups is 1. The Morgan fingerprint density at radius 1 is 1.32 bits per heavy atom. The fourth-order valence-electron chi connectivity index (χ4n) is 2.72. The molecule has 2 aromatic rings. The number of aliphatic hydroxyl groups excluding tert-OH is 1. The van der Waals surface area contributed by atoms with Gasteiger partial charge in [-0.05, 0) is 37.8 Å². The highest BCUT2D eigenvalue weighted by Gasteiger charge is 2.20. The number of fused-ring (bicyclic) bond motifs is 1. The van der Waals surface area contributed by atoms with Gasteiger partial charge in [-0.25, -0.2) is 10.2 Å². The smallest absolute Gasteiger partial charge is 0.335 e. The quantitative estimate of drug-likeness (QED) is 0.736. The second-order valence-corrected chi connectivity index (χ2v) is 6.62. The van der Waals surface area contributed by atoms with E-state index in [-0.39, 0.29) is 18.2 Å². The summed E-state index contributed by atoms with van der Waals surface area (Å²) in [4.78, 5) is 12.7. The van der Waals surface area contributed by atoms with Crippen LogP contribution in [0.4, 0.5) is 4.79 Å². The monoisotopic (exact) mass is 320 g/mol. The number of urea groups is 1. The average molecular weight is 320 g/mol. The summed E-state index contributed by atoms with van der Waals surface area (Å²) in [6.07, 6.45) is 2.89. The number of benzene rings is 1.